The molecule has 0 aliphatic heterocycles. The summed E-state index contributed by atoms with van der Waals surface area (Å²) >= 11 is 6.55. The number of fused-ring (bicyclic) bond motifs is 1. The van der Waals surface area contributed by atoms with E-state index >= 15 is 0 Å². The van der Waals surface area contributed by atoms with Crippen LogP contribution in [0.5, 0.6) is 0 Å². The number of aryl methyl sites for hydroxylation is 1. The van der Waals surface area contributed by atoms with Crippen LogP contribution in [0.1, 0.15) is 25.3 Å². The molecule has 3 heteroatoms. The molecule has 1 aromatic heterocycles. The van der Waals surface area contributed by atoms with Crippen molar-refractivity contribution < 1.29 is 0 Å². The van der Waals surface area contributed by atoms with Gasteiger partial charge < -0.3 is 10.3 Å². The standard InChI is InChI=1S/C14H17ClN2/c1-9(16)14(6-7-14)11-3-4-12-10(13(11)15)5-8-17(12)2/h3-5,8-9H,6-7,16H2,1-2H3. The number of hydrogen-bond acceptors (Lipinski definition) is 1. The fourth-order valence-corrected chi connectivity index (χ4v) is 3.22. The molecule has 1 saturated carbocycles. The van der Waals surface area contributed by atoms with Gasteiger partial charge in [0.15, 0.2) is 0 Å². The van der Waals surface area contributed by atoms with Crippen molar-refractivity contribution in [3.05, 3.63) is 35.0 Å². The molecule has 0 saturated heterocycles. The maximum absolute atomic E-state index is 6.55. The molecule has 17 heavy (non-hydrogen) atoms. The summed E-state index contributed by atoms with van der Waals surface area (Å²) in [5, 5.41) is 2.02. The first kappa shape index (κ1) is 11.1. The zero-order chi connectivity index (χ0) is 12.2. The van der Waals surface area contributed by atoms with Gasteiger partial charge in [0, 0.05) is 35.6 Å². The highest BCUT2D eigenvalue weighted by molar-refractivity contribution is 6.36. The van der Waals surface area contributed by atoms with Gasteiger partial charge in [0.2, 0.25) is 0 Å². The van der Waals surface area contributed by atoms with Crippen molar-refractivity contribution in [3.8, 4) is 0 Å². The lowest BCUT2D eigenvalue weighted by atomic mass is 9.89. The maximum Gasteiger partial charge on any atom is 0.0538 e. The summed E-state index contributed by atoms with van der Waals surface area (Å²) in [6, 6.07) is 6.56. The van der Waals surface area contributed by atoms with E-state index in [-0.39, 0.29) is 11.5 Å². The average molecular weight is 249 g/mol. The largest absolute Gasteiger partial charge is 0.351 e. The monoisotopic (exact) mass is 248 g/mol. The Morgan fingerprint density at radius 2 is 2.06 bits per heavy atom. The number of rotatable bonds is 2. The number of halogens is 1. The van der Waals surface area contributed by atoms with Gasteiger partial charge in [0.05, 0.1) is 5.02 Å². The van der Waals surface area contributed by atoms with Crippen molar-refractivity contribution >= 4 is 22.5 Å². The number of benzene rings is 1. The molecule has 1 heterocycles. The Bertz CT molecular complexity index is 579. The number of aromatic nitrogens is 1. The Balaban J connectivity index is 2.22. The smallest absolute Gasteiger partial charge is 0.0538 e. The van der Waals surface area contributed by atoms with Crippen LogP contribution in [-0.4, -0.2) is 10.6 Å². The summed E-state index contributed by atoms with van der Waals surface area (Å²) < 4.78 is 2.09. The third-order valence-corrected chi connectivity index (χ3v) is 4.61. The second-order valence-corrected chi connectivity index (χ2v) is 5.61. The van der Waals surface area contributed by atoms with E-state index in [1.165, 1.54) is 11.1 Å². The van der Waals surface area contributed by atoms with Crippen molar-refractivity contribution in [1.29, 1.82) is 0 Å². The molecule has 1 aliphatic carbocycles. The minimum Gasteiger partial charge on any atom is -0.351 e. The first-order valence-electron chi connectivity index (χ1n) is 6.06. The van der Waals surface area contributed by atoms with Crippen molar-refractivity contribution in [2.24, 2.45) is 12.8 Å². The van der Waals surface area contributed by atoms with Crippen LogP contribution >= 0.6 is 11.6 Å². The molecule has 2 N–H and O–H groups in total. The highest BCUT2D eigenvalue weighted by Crippen LogP contribution is 2.53. The average Bonchev–Trinajstić information content (AvgIpc) is 3.00. The molecule has 1 fully saturated rings. The number of nitrogens with zero attached hydrogens (tertiary/aromatic N) is 1. The van der Waals surface area contributed by atoms with Crippen LogP contribution in [0, 0.1) is 0 Å². The summed E-state index contributed by atoms with van der Waals surface area (Å²) in [6.07, 6.45) is 4.36. The predicted molar refractivity (Wildman–Crippen MR) is 72.5 cm³/mol. The van der Waals surface area contributed by atoms with Gasteiger partial charge in [-0.25, -0.2) is 0 Å². The fourth-order valence-electron chi connectivity index (χ4n) is 2.80. The molecule has 1 atom stereocenters. The Morgan fingerprint density at radius 3 is 2.65 bits per heavy atom. The lowest BCUT2D eigenvalue weighted by Crippen LogP contribution is -2.31. The van der Waals surface area contributed by atoms with Crippen molar-refractivity contribution in [3.63, 3.8) is 0 Å². The van der Waals surface area contributed by atoms with Crippen LogP contribution in [0.4, 0.5) is 0 Å². The number of hydrogen-bond donors (Lipinski definition) is 1. The highest BCUT2D eigenvalue weighted by Gasteiger charge is 2.48. The predicted octanol–water partition coefficient (Wildman–Crippen LogP) is 3.21. The van der Waals surface area contributed by atoms with Gasteiger partial charge in [-0.1, -0.05) is 17.7 Å². The molecular formula is C14H17ClN2. The second-order valence-electron chi connectivity index (χ2n) is 5.23. The van der Waals surface area contributed by atoms with Gasteiger partial charge in [-0.05, 0) is 37.5 Å². The molecule has 90 valence electrons. The first-order chi connectivity index (χ1) is 8.06. The van der Waals surface area contributed by atoms with Crippen molar-refractivity contribution in [2.45, 2.75) is 31.2 Å². The maximum atomic E-state index is 6.55. The summed E-state index contributed by atoms with van der Waals surface area (Å²) in [5.41, 5.74) is 8.65. The Kier molecular flexibility index (Phi) is 2.29. The minimum atomic E-state index is 0.126. The van der Waals surface area contributed by atoms with E-state index in [2.05, 4.69) is 29.7 Å². The summed E-state index contributed by atoms with van der Waals surface area (Å²) in [5.74, 6) is 0. The molecule has 0 amide bonds. The van der Waals surface area contributed by atoms with Crippen LogP contribution in [0.2, 0.25) is 5.02 Å². The van der Waals surface area contributed by atoms with Gasteiger partial charge in [-0.15, -0.1) is 0 Å². The van der Waals surface area contributed by atoms with Gasteiger partial charge >= 0.3 is 0 Å². The Morgan fingerprint density at radius 1 is 1.35 bits per heavy atom. The van der Waals surface area contributed by atoms with E-state index in [0.29, 0.717) is 0 Å². The molecule has 1 aromatic carbocycles. The Hall–Kier alpha value is -0.990. The van der Waals surface area contributed by atoms with Gasteiger partial charge in [0.25, 0.3) is 0 Å². The third-order valence-electron chi connectivity index (χ3n) is 4.20. The van der Waals surface area contributed by atoms with Gasteiger partial charge in [-0.2, -0.15) is 0 Å². The van der Waals surface area contributed by atoms with Crippen LogP contribution in [0.25, 0.3) is 10.9 Å². The normalized spacial score (nSPS) is 19.5. The molecule has 2 aromatic rings. The van der Waals surface area contributed by atoms with E-state index in [1.807, 2.05) is 13.2 Å². The lowest BCUT2D eigenvalue weighted by molar-refractivity contribution is 0.557. The molecule has 2 nitrogen and oxygen atoms in total. The highest BCUT2D eigenvalue weighted by atomic mass is 35.5. The summed E-state index contributed by atoms with van der Waals surface area (Å²) in [6.45, 7) is 2.08. The third kappa shape index (κ3) is 1.44. The van der Waals surface area contributed by atoms with Gasteiger partial charge in [0.1, 0.15) is 0 Å². The van der Waals surface area contributed by atoms with Crippen LogP contribution < -0.4 is 5.73 Å². The van der Waals surface area contributed by atoms with Crippen molar-refractivity contribution in [1.82, 2.24) is 4.57 Å². The van der Waals surface area contributed by atoms with E-state index in [1.54, 1.807) is 0 Å². The van der Waals surface area contributed by atoms with Crippen LogP contribution in [0.15, 0.2) is 24.4 Å². The molecule has 0 spiro atoms. The molecule has 1 aliphatic rings. The van der Waals surface area contributed by atoms with E-state index in [9.17, 15) is 0 Å². The molecule has 0 bridgehead atoms. The zero-order valence-electron chi connectivity index (χ0n) is 10.2. The molecule has 0 radical (unpaired) electrons. The van der Waals surface area contributed by atoms with Gasteiger partial charge in [-0.3, -0.25) is 0 Å². The first-order valence-corrected chi connectivity index (χ1v) is 6.44. The summed E-state index contributed by atoms with van der Waals surface area (Å²) in [4.78, 5) is 0. The van der Waals surface area contributed by atoms with E-state index in [0.717, 1.165) is 23.3 Å². The molecule has 3 rings (SSSR count). The SMILES string of the molecule is CC(N)C1(c2ccc3c(ccn3C)c2Cl)CC1. The van der Waals surface area contributed by atoms with Crippen molar-refractivity contribution in [2.75, 3.05) is 0 Å². The van der Waals surface area contributed by atoms with Crippen LogP contribution in [0.3, 0.4) is 0 Å². The molecule has 1 unspecified atom stereocenters. The quantitative estimate of drug-likeness (QED) is 0.869. The Labute approximate surface area is 106 Å². The minimum absolute atomic E-state index is 0.126. The van der Waals surface area contributed by atoms with E-state index < -0.39 is 0 Å². The topological polar surface area (TPSA) is 30.9 Å². The number of nitrogens with two attached hydrogens (primary N) is 1. The van der Waals surface area contributed by atoms with E-state index in [4.69, 9.17) is 17.3 Å². The summed E-state index contributed by atoms with van der Waals surface area (Å²) in [7, 11) is 2.04. The fraction of sp³-hybridized carbons (Fsp3) is 0.429. The zero-order valence-corrected chi connectivity index (χ0v) is 11.0. The molecular weight excluding hydrogens is 232 g/mol. The lowest BCUT2D eigenvalue weighted by Gasteiger charge is -2.21. The second kappa shape index (κ2) is 3.50. The van der Waals surface area contributed by atoms with Crippen LogP contribution in [-0.2, 0) is 12.5 Å².